The smallest absolute Gasteiger partial charge is 0.317 e. The number of rotatable bonds is 1. The highest BCUT2D eigenvalue weighted by Gasteiger charge is 2.25. The fraction of sp³-hybridized carbons (Fsp3) is 0.500. The van der Waals surface area contributed by atoms with Crippen LogP contribution in [0.2, 0.25) is 0 Å². The molecule has 0 bridgehead atoms. The van der Waals surface area contributed by atoms with E-state index in [1.807, 2.05) is 4.90 Å². The van der Waals surface area contributed by atoms with Crippen molar-refractivity contribution in [1.82, 2.24) is 15.2 Å². The van der Waals surface area contributed by atoms with Crippen molar-refractivity contribution in [2.24, 2.45) is 0 Å². The fourth-order valence-electron chi connectivity index (χ4n) is 3.88. The molecule has 2 N–H and O–H groups in total. The Morgan fingerprint density at radius 2 is 2.00 bits per heavy atom. The monoisotopic (exact) mass is 297 g/mol. The molecular weight excluding hydrogens is 274 g/mol. The number of amides is 2. The first kappa shape index (κ1) is 13.7. The summed E-state index contributed by atoms with van der Waals surface area (Å²) in [6.07, 6.45) is 7.02. The molecule has 1 fully saturated rings. The zero-order valence-corrected chi connectivity index (χ0v) is 12.9. The van der Waals surface area contributed by atoms with E-state index in [0.29, 0.717) is 12.6 Å². The fourth-order valence-corrected chi connectivity index (χ4v) is 3.88. The van der Waals surface area contributed by atoms with Gasteiger partial charge < -0.3 is 15.2 Å². The molecule has 4 nitrogen and oxygen atoms in total. The standard InChI is InChI=1S/C18H23N3O/c22-18(19-13-6-2-1-3-7-13)21-11-10-15-14-8-4-5-9-16(14)20-17(15)12-21/h4-5,8-9,13,20H,1-3,6-7,10-12H2,(H,19,22). The molecular formula is C18H23N3O. The Balaban J connectivity index is 1.48. The summed E-state index contributed by atoms with van der Waals surface area (Å²) in [6, 6.07) is 8.90. The van der Waals surface area contributed by atoms with Crippen molar-refractivity contribution in [1.29, 1.82) is 0 Å². The first-order chi connectivity index (χ1) is 10.8. The van der Waals surface area contributed by atoms with Gasteiger partial charge in [-0.15, -0.1) is 0 Å². The molecule has 0 spiro atoms. The predicted octanol–water partition coefficient (Wildman–Crippen LogP) is 3.57. The number of nitrogens with one attached hydrogen (secondary N) is 2. The van der Waals surface area contributed by atoms with Crippen molar-refractivity contribution in [3.63, 3.8) is 0 Å². The zero-order valence-electron chi connectivity index (χ0n) is 12.9. The molecule has 4 rings (SSSR count). The van der Waals surface area contributed by atoms with Gasteiger partial charge in [0.15, 0.2) is 0 Å². The third-order valence-electron chi connectivity index (χ3n) is 5.10. The Morgan fingerprint density at radius 1 is 1.18 bits per heavy atom. The van der Waals surface area contributed by atoms with Crippen molar-refractivity contribution in [2.75, 3.05) is 6.54 Å². The first-order valence-electron chi connectivity index (χ1n) is 8.45. The lowest BCUT2D eigenvalue weighted by molar-refractivity contribution is 0.184. The maximum atomic E-state index is 12.5. The van der Waals surface area contributed by atoms with E-state index in [1.165, 1.54) is 41.4 Å². The summed E-state index contributed by atoms with van der Waals surface area (Å²) in [7, 11) is 0. The van der Waals surface area contributed by atoms with Crippen LogP contribution in [0.1, 0.15) is 43.4 Å². The van der Waals surface area contributed by atoms with Crippen LogP contribution in [0.15, 0.2) is 24.3 Å². The highest BCUT2D eigenvalue weighted by molar-refractivity contribution is 5.85. The molecule has 0 atom stereocenters. The van der Waals surface area contributed by atoms with E-state index in [2.05, 4.69) is 34.6 Å². The van der Waals surface area contributed by atoms with Crippen LogP contribution in [0.5, 0.6) is 0 Å². The minimum atomic E-state index is 0.108. The molecule has 2 heterocycles. The molecule has 2 aromatic rings. The Bertz CT molecular complexity index is 685. The summed E-state index contributed by atoms with van der Waals surface area (Å²) in [6.45, 7) is 1.51. The van der Waals surface area contributed by atoms with Gasteiger partial charge in [-0.1, -0.05) is 37.5 Å². The molecule has 0 unspecified atom stereocenters. The van der Waals surface area contributed by atoms with Crippen molar-refractivity contribution in [3.8, 4) is 0 Å². The van der Waals surface area contributed by atoms with E-state index >= 15 is 0 Å². The van der Waals surface area contributed by atoms with Crippen LogP contribution in [0.3, 0.4) is 0 Å². The van der Waals surface area contributed by atoms with E-state index < -0.39 is 0 Å². The van der Waals surface area contributed by atoms with Crippen molar-refractivity contribution >= 4 is 16.9 Å². The number of H-pyrrole nitrogens is 1. The van der Waals surface area contributed by atoms with Gasteiger partial charge in [-0.05, 0) is 30.9 Å². The highest BCUT2D eigenvalue weighted by Crippen LogP contribution is 2.27. The summed E-state index contributed by atoms with van der Waals surface area (Å²) >= 11 is 0. The van der Waals surface area contributed by atoms with E-state index in [-0.39, 0.29) is 6.03 Å². The summed E-state index contributed by atoms with van der Waals surface area (Å²) in [5.74, 6) is 0. The lowest BCUT2D eigenvalue weighted by atomic mass is 9.95. The Morgan fingerprint density at radius 3 is 2.86 bits per heavy atom. The third kappa shape index (κ3) is 2.47. The van der Waals surface area contributed by atoms with E-state index in [9.17, 15) is 4.79 Å². The second-order valence-corrected chi connectivity index (χ2v) is 6.58. The SMILES string of the molecule is O=C(NC1CCCCC1)N1CCc2c([nH]c3ccccc23)C1. The van der Waals surface area contributed by atoms with Gasteiger partial charge in [0, 0.05) is 29.2 Å². The molecule has 1 saturated carbocycles. The van der Waals surface area contributed by atoms with Gasteiger partial charge in [0.1, 0.15) is 0 Å². The Labute approximate surface area is 130 Å². The molecule has 0 saturated heterocycles. The van der Waals surface area contributed by atoms with E-state index in [4.69, 9.17) is 0 Å². The molecule has 1 aliphatic carbocycles. The maximum Gasteiger partial charge on any atom is 0.317 e. The number of carbonyl (C=O) groups is 1. The van der Waals surface area contributed by atoms with Crippen LogP contribution < -0.4 is 5.32 Å². The third-order valence-corrected chi connectivity index (χ3v) is 5.10. The van der Waals surface area contributed by atoms with Gasteiger partial charge in [0.25, 0.3) is 0 Å². The van der Waals surface area contributed by atoms with Crippen LogP contribution >= 0.6 is 0 Å². The predicted molar refractivity (Wildman–Crippen MR) is 87.8 cm³/mol. The lowest BCUT2D eigenvalue weighted by Crippen LogP contribution is -2.47. The van der Waals surface area contributed by atoms with Crippen LogP contribution in [0, 0.1) is 0 Å². The second-order valence-electron chi connectivity index (χ2n) is 6.58. The number of aromatic amines is 1. The number of fused-ring (bicyclic) bond motifs is 3. The minimum absolute atomic E-state index is 0.108. The van der Waals surface area contributed by atoms with Gasteiger partial charge in [-0.25, -0.2) is 4.79 Å². The molecule has 1 aromatic carbocycles. The van der Waals surface area contributed by atoms with Gasteiger partial charge in [-0.2, -0.15) is 0 Å². The maximum absolute atomic E-state index is 12.5. The number of urea groups is 1. The molecule has 4 heteroatoms. The molecule has 116 valence electrons. The first-order valence-corrected chi connectivity index (χ1v) is 8.45. The van der Waals surface area contributed by atoms with Crippen molar-refractivity contribution in [2.45, 2.75) is 51.1 Å². The molecule has 2 amide bonds. The van der Waals surface area contributed by atoms with Crippen molar-refractivity contribution < 1.29 is 4.79 Å². The van der Waals surface area contributed by atoms with Crippen LogP contribution in [-0.4, -0.2) is 28.5 Å². The lowest BCUT2D eigenvalue weighted by Gasteiger charge is -2.30. The molecule has 22 heavy (non-hydrogen) atoms. The average Bonchev–Trinajstić information content (AvgIpc) is 2.93. The number of nitrogens with zero attached hydrogens (tertiary/aromatic N) is 1. The molecule has 1 aromatic heterocycles. The van der Waals surface area contributed by atoms with Crippen LogP contribution in [0.4, 0.5) is 4.79 Å². The van der Waals surface area contributed by atoms with Gasteiger partial charge in [-0.3, -0.25) is 0 Å². The van der Waals surface area contributed by atoms with Crippen molar-refractivity contribution in [3.05, 3.63) is 35.5 Å². The number of benzene rings is 1. The quantitative estimate of drug-likeness (QED) is 0.830. The van der Waals surface area contributed by atoms with E-state index in [0.717, 1.165) is 25.8 Å². The van der Waals surface area contributed by atoms with Gasteiger partial charge in [0.05, 0.1) is 6.54 Å². The Hall–Kier alpha value is -1.97. The summed E-state index contributed by atoms with van der Waals surface area (Å²) < 4.78 is 0. The molecule has 1 aliphatic heterocycles. The summed E-state index contributed by atoms with van der Waals surface area (Å²) in [4.78, 5) is 17.9. The van der Waals surface area contributed by atoms with Crippen LogP contribution in [0.25, 0.3) is 10.9 Å². The zero-order chi connectivity index (χ0) is 14.9. The number of hydrogen-bond acceptors (Lipinski definition) is 1. The largest absolute Gasteiger partial charge is 0.357 e. The number of hydrogen-bond donors (Lipinski definition) is 2. The Kier molecular flexibility index (Phi) is 3.53. The summed E-state index contributed by atoms with van der Waals surface area (Å²) in [5, 5.41) is 4.54. The van der Waals surface area contributed by atoms with E-state index in [1.54, 1.807) is 0 Å². The average molecular weight is 297 g/mol. The molecule has 0 radical (unpaired) electrons. The van der Waals surface area contributed by atoms with Gasteiger partial charge in [0.2, 0.25) is 0 Å². The number of aromatic nitrogens is 1. The normalized spacial score (nSPS) is 19.2. The van der Waals surface area contributed by atoms with Gasteiger partial charge >= 0.3 is 6.03 Å². The number of carbonyl (C=O) groups excluding carboxylic acids is 1. The highest BCUT2D eigenvalue weighted by atomic mass is 16.2. The van der Waals surface area contributed by atoms with Crippen LogP contribution in [-0.2, 0) is 13.0 Å². The summed E-state index contributed by atoms with van der Waals surface area (Å²) in [5.41, 5.74) is 3.77. The molecule has 2 aliphatic rings. The second kappa shape index (κ2) is 5.67. The number of para-hydroxylation sites is 1. The topological polar surface area (TPSA) is 48.1 Å². The minimum Gasteiger partial charge on any atom is -0.357 e.